The van der Waals surface area contributed by atoms with Crippen LogP contribution in [-0.2, 0) is 4.74 Å². The third-order valence-corrected chi connectivity index (χ3v) is 5.30. The summed E-state index contributed by atoms with van der Waals surface area (Å²) in [7, 11) is 2.06. The Kier molecular flexibility index (Phi) is 3.91. The summed E-state index contributed by atoms with van der Waals surface area (Å²) >= 11 is 1.86. The second-order valence-electron chi connectivity index (χ2n) is 5.22. The quantitative estimate of drug-likeness (QED) is 0.891. The fourth-order valence-corrected chi connectivity index (χ4v) is 4.16. The molecule has 1 aliphatic rings. The minimum absolute atomic E-state index is 0.332. The molecule has 2 nitrogen and oxygen atoms in total. The molecule has 0 bridgehead atoms. The van der Waals surface area contributed by atoms with Crippen molar-refractivity contribution < 1.29 is 4.74 Å². The fraction of sp³-hybridized carbons (Fsp3) is 0.714. The van der Waals surface area contributed by atoms with Gasteiger partial charge in [-0.2, -0.15) is 0 Å². The van der Waals surface area contributed by atoms with E-state index in [1.165, 1.54) is 10.4 Å². The topological polar surface area (TPSA) is 21.3 Å². The molecule has 1 aliphatic heterocycles. The standard InChI is InChI=1S/C14H23NOS/c1-8-6-7-17-14(8)13(15-5)12-9(2)10(3)16-11(12)4/h6-7,9-13,15H,1-5H3. The molecule has 0 radical (unpaired) electrons. The fourth-order valence-electron chi connectivity index (χ4n) is 3.07. The molecule has 5 unspecified atom stereocenters. The highest BCUT2D eigenvalue weighted by Crippen LogP contribution is 2.42. The molecule has 5 atom stereocenters. The van der Waals surface area contributed by atoms with E-state index in [2.05, 4.69) is 51.5 Å². The number of rotatable bonds is 3. The first kappa shape index (κ1) is 13.1. The Bertz CT molecular complexity index is 376. The van der Waals surface area contributed by atoms with E-state index in [1.807, 2.05) is 11.3 Å². The summed E-state index contributed by atoms with van der Waals surface area (Å²) in [5.41, 5.74) is 1.40. The zero-order chi connectivity index (χ0) is 12.6. The molecule has 0 aromatic carbocycles. The first-order valence-corrected chi connectivity index (χ1v) is 7.31. The lowest BCUT2D eigenvalue weighted by Gasteiger charge is -2.28. The molecule has 0 saturated carbocycles. The Labute approximate surface area is 108 Å². The van der Waals surface area contributed by atoms with E-state index in [9.17, 15) is 0 Å². The molecular formula is C14H23NOS. The summed E-state index contributed by atoms with van der Waals surface area (Å²) in [5.74, 6) is 1.16. The first-order chi connectivity index (χ1) is 8.06. The molecule has 2 rings (SSSR count). The summed E-state index contributed by atoms with van der Waals surface area (Å²) in [6.07, 6.45) is 0.699. The molecule has 0 amide bonds. The predicted octanol–water partition coefficient (Wildman–Crippen LogP) is 3.38. The number of hydrogen-bond acceptors (Lipinski definition) is 3. The van der Waals surface area contributed by atoms with Crippen molar-refractivity contribution in [3.05, 3.63) is 21.9 Å². The number of ether oxygens (including phenoxy) is 1. The van der Waals surface area contributed by atoms with Gasteiger partial charge in [-0.25, -0.2) is 0 Å². The van der Waals surface area contributed by atoms with Crippen molar-refractivity contribution in [1.29, 1.82) is 0 Å². The lowest BCUT2D eigenvalue weighted by atomic mass is 9.82. The molecule has 2 heterocycles. The molecule has 1 aromatic rings. The maximum absolute atomic E-state index is 5.97. The van der Waals surface area contributed by atoms with Gasteiger partial charge in [0.05, 0.1) is 12.2 Å². The lowest BCUT2D eigenvalue weighted by molar-refractivity contribution is 0.0479. The van der Waals surface area contributed by atoms with Crippen molar-refractivity contribution in [2.24, 2.45) is 11.8 Å². The molecule has 1 fully saturated rings. The average molecular weight is 253 g/mol. The minimum atomic E-state index is 0.332. The van der Waals surface area contributed by atoms with Gasteiger partial charge in [-0.15, -0.1) is 11.3 Å². The highest BCUT2D eigenvalue weighted by molar-refractivity contribution is 7.10. The van der Waals surface area contributed by atoms with E-state index >= 15 is 0 Å². The van der Waals surface area contributed by atoms with E-state index in [0.717, 1.165) is 0 Å². The average Bonchev–Trinajstić information content (AvgIpc) is 2.79. The SMILES string of the molecule is CNC(c1sccc1C)C1C(C)OC(C)C1C. The van der Waals surface area contributed by atoms with E-state index in [0.29, 0.717) is 30.1 Å². The smallest absolute Gasteiger partial charge is 0.0600 e. The Morgan fingerprint density at radius 1 is 1.29 bits per heavy atom. The Hall–Kier alpha value is -0.380. The Morgan fingerprint density at radius 3 is 2.41 bits per heavy atom. The summed E-state index contributed by atoms with van der Waals surface area (Å²) in [5, 5.41) is 5.68. The zero-order valence-electron chi connectivity index (χ0n) is 11.4. The molecular weight excluding hydrogens is 230 g/mol. The van der Waals surface area contributed by atoms with Gasteiger partial charge in [0.15, 0.2) is 0 Å². The second-order valence-corrected chi connectivity index (χ2v) is 6.16. The van der Waals surface area contributed by atoms with Crippen LogP contribution in [0.4, 0.5) is 0 Å². The lowest BCUT2D eigenvalue weighted by Crippen LogP contribution is -2.32. The number of aryl methyl sites for hydroxylation is 1. The minimum Gasteiger partial charge on any atom is -0.375 e. The first-order valence-electron chi connectivity index (χ1n) is 6.43. The van der Waals surface area contributed by atoms with Gasteiger partial charge in [-0.05, 0) is 50.7 Å². The summed E-state index contributed by atoms with van der Waals surface area (Å²) in [6, 6.07) is 2.63. The van der Waals surface area contributed by atoms with Crippen molar-refractivity contribution in [2.75, 3.05) is 7.05 Å². The van der Waals surface area contributed by atoms with Gasteiger partial charge in [0.1, 0.15) is 0 Å². The number of hydrogen-bond donors (Lipinski definition) is 1. The molecule has 96 valence electrons. The number of thiophene rings is 1. The van der Waals surface area contributed by atoms with Crippen LogP contribution in [0.2, 0.25) is 0 Å². The van der Waals surface area contributed by atoms with E-state index in [4.69, 9.17) is 4.74 Å². The van der Waals surface area contributed by atoms with Gasteiger partial charge in [0, 0.05) is 16.8 Å². The van der Waals surface area contributed by atoms with Crippen LogP contribution >= 0.6 is 11.3 Å². The molecule has 1 N–H and O–H groups in total. The maximum Gasteiger partial charge on any atom is 0.0600 e. The van der Waals surface area contributed by atoms with Crippen LogP contribution in [0.15, 0.2) is 11.4 Å². The van der Waals surface area contributed by atoms with Crippen molar-refractivity contribution in [3.8, 4) is 0 Å². The van der Waals surface area contributed by atoms with Crippen molar-refractivity contribution in [1.82, 2.24) is 5.32 Å². The second kappa shape index (κ2) is 5.09. The Morgan fingerprint density at radius 2 is 2.00 bits per heavy atom. The van der Waals surface area contributed by atoms with Gasteiger partial charge in [-0.1, -0.05) is 6.92 Å². The van der Waals surface area contributed by atoms with Crippen LogP contribution in [-0.4, -0.2) is 19.3 Å². The van der Waals surface area contributed by atoms with Gasteiger partial charge in [-0.3, -0.25) is 0 Å². The largest absolute Gasteiger partial charge is 0.375 e. The summed E-state index contributed by atoms with van der Waals surface area (Å²) < 4.78 is 5.97. The monoisotopic (exact) mass is 253 g/mol. The van der Waals surface area contributed by atoms with Gasteiger partial charge >= 0.3 is 0 Å². The van der Waals surface area contributed by atoms with Crippen LogP contribution < -0.4 is 5.32 Å². The molecule has 1 saturated heterocycles. The number of nitrogens with one attached hydrogen (secondary N) is 1. The molecule has 0 spiro atoms. The molecule has 3 heteroatoms. The molecule has 0 aliphatic carbocycles. The summed E-state index contributed by atoms with van der Waals surface area (Å²) in [4.78, 5) is 1.47. The van der Waals surface area contributed by atoms with Gasteiger partial charge in [0.25, 0.3) is 0 Å². The van der Waals surface area contributed by atoms with Gasteiger partial charge < -0.3 is 10.1 Å². The summed E-state index contributed by atoms with van der Waals surface area (Å²) in [6.45, 7) is 8.91. The van der Waals surface area contributed by atoms with E-state index in [-0.39, 0.29) is 0 Å². The third-order valence-electron chi connectivity index (χ3n) is 4.20. The highest BCUT2D eigenvalue weighted by atomic mass is 32.1. The van der Waals surface area contributed by atoms with Crippen LogP contribution in [0.25, 0.3) is 0 Å². The van der Waals surface area contributed by atoms with Crippen molar-refractivity contribution in [2.45, 2.75) is 45.9 Å². The van der Waals surface area contributed by atoms with Crippen LogP contribution in [0.1, 0.15) is 37.3 Å². The zero-order valence-corrected chi connectivity index (χ0v) is 12.2. The molecule has 1 aromatic heterocycles. The van der Waals surface area contributed by atoms with Gasteiger partial charge in [0.2, 0.25) is 0 Å². The van der Waals surface area contributed by atoms with Crippen LogP contribution in [0, 0.1) is 18.8 Å². The van der Waals surface area contributed by atoms with E-state index < -0.39 is 0 Å². The normalized spacial score (nSPS) is 35.1. The third kappa shape index (κ3) is 2.28. The Balaban J connectivity index is 2.27. The van der Waals surface area contributed by atoms with E-state index in [1.54, 1.807) is 0 Å². The predicted molar refractivity (Wildman–Crippen MR) is 73.5 cm³/mol. The van der Waals surface area contributed by atoms with Crippen molar-refractivity contribution in [3.63, 3.8) is 0 Å². The highest BCUT2D eigenvalue weighted by Gasteiger charge is 2.42. The van der Waals surface area contributed by atoms with Crippen LogP contribution in [0.3, 0.4) is 0 Å². The van der Waals surface area contributed by atoms with Crippen molar-refractivity contribution >= 4 is 11.3 Å². The molecule has 17 heavy (non-hydrogen) atoms. The maximum atomic E-state index is 5.97. The van der Waals surface area contributed by atoms with Crippen LogP contribution in [0.5, 0.6) is 0 Å².